The number of aromatic nitrogens is 2. The molecule has 0 fully saturated rings. The number of anilines is 1. The van der Waals surface area contributed by atoms with Crippen LogP contribution in [0.2, 0.25) is 0 Å². The standard InChI is InChI=1S/C8H14N6O2S2/c1-10-6(5-14(15)16)11-3-2-4-17-8-13-12-7(9)18-8/h5,10-11H,2-4H2,1H3,(H2,9,12). The highest BCUT2D eigenvalue weighted by Crippen LogP contribution is 2.23. The summed E-state index contributed by atoms with van der Waals surface area (Å²) in [6, 6.07) is 0. The Balaban J connectivity index is 2.16. The summed E-state index contributed by atoms with van der Waals surface area (Å²) in [6.07, 6.45) is 1.75. The van der Waals surface area contributed by atoms with Crippen molar-refractivity contribution < 1.29 is 4.92 Å². The first-order valence-corrected chi connectivity index (χ1v) is 6.90. The molecule has 10 heteroatoms. The molecule has 1 heterocycles. The smallest absolute Gasteiger partial charge is 0.274 e. The van der Waals surface area contributed by atoms with Gasteiger partial charge in [0.1, 0.15) is 0 Å². The minimum Gasteiger partial charge on any atom is -0.374 e. The molecule has 0 saturated carbocycles. The molecule has 0 aliphatic rings. The van der Waals surface area contributed by atoms with Crippen molar-refractivity contribution in [2.45, 2.75) is 10.8 Å². The predicted octanol–water partition coefficient (Wildman–Crippen LogP) is 0.487. The lowest BCUT2D eigenvalue weighted by molar-refractivity contribution is -0.404. The zero-order valence-corrected chi connectivity index (χ0v) is 11.4. The monoisotopic (exact) mass is 290 g/mol. The van der Waals surface area contributed by atoms with Crippen LogP contribution in [0.15, 0.2) is 16.4 Å². The summed E-state index contributed by atoms with van der Waals surface area (Å²) in [7, 11) is 1.63. The molecular weight excluding hydrogens is 276 g/mol. The number of rotatable bonds is 8. The molecule has 0 saturated heterocycles. The highest BCUT2D eigenvalue weighted by Gasteiger charge is 2.02. The SMILES string of the molecule is CNC(=C[N+](=O)[O-])NCCCSc1nnc(N)s1. The van der Waals surface area contributed by atoms with Gasteiger partial charge >= 0.3 is 0 Å². The normalized spacial score (nSPS) is 11.3. The fourth-order valence-electron chi connectivity index (χ4n) is 1.04. The Morgan fingerprint density at radius 2 is 2.44 bits per heavy atom. The number of nitro groups is 1. The van der Waals surface area contributed by atoms with E-state index in [2.05, 4.69) is 20.8 Å². The first-order valence-electron chi connectivity index (χ1n) is 5.10. The Labute approximate surface area is 112 Å². The molecule has 1 aromatic heterocycles. The molecule has 4 N–H and O–H groups in total. The Morgan fingerprint density at radius 1 is 1.67 bits per heavy atom. The van der Waals surface area contributed by atoms with Gasteiger partial charge < -0.3 is 16.4 Å². The first kappa shape index (κ1) is 14.5. The molecule has 0 aromatic carbocycles. The number of thioether (sulfide) groups is 1. The van der Waals surface area contributed by atoms with Gasteiger partial charge in [-0.2, -0.15) is 0 Å². The van der Waals surface area contributed by atoms with Crippen LogP contribution in [0.3, 0.4) is 0 Å². The van der Waals surface area contributed by atoms with Gasteiger partial charge in [-0.3, -0.25) is 10.1 Å². The van der Waals surface area contributed by atoms with Gasteiger partial charge in [0.15, 0.2) is 10.2 Å². The highest BCUT2D eigenvalue weighted by atomic mass is 32.2. The van der Waals surface area contributed by atoms with E-state index in [1.54, 1.807) is 18.8 Å². The van der Waals surface area contributed by atoms with E-state index in [9.17, 15) is 10.1 Å². The Bertz CT molecular complexity index is 421. The van der Waals surface area contributed by atoms with E-state index in [-0.39, 0.29) is 0 Å². The number of hydrogen-bond acceptors (Lipinski definition) is 9. The third-order valence-electron chi connectivity index (χ3n) is 1.79. The summed E-state index contributed by atoms with van der Waals surface area (Å²) in [5.74, 6) is 1.24. The van der Waals surface area contributed by atoms with Gasteiger partial charge in [-0.25, -0.2) is 0 Å². The van der Waals surface area contributed by atoms with Gasteiger partial charge in [-0.1, -0.05) is 23.1 Å². The van der Waals surface area contributed by atoms with Crippen LogP contribution in [-0.4, -0.2) is 34.5 Å². The van der Waals surface area contributed by atoms with E-state index in [0.29, 0.717) is 17.5 Å². The third-order valence-corrected chi connectivity index (χ3v) is 3.76. The van der Waals surface area contributed by atoms with Gasteiger partial charge in [-0.15, -0.1) is 10.2 Å². The van der Waals surface area contributed by atoms with Gasteiger partial charge in [-0.05, 0) is 6.42 Å². The van der Waals surface area contributed by atoms with Crippen molar-refractivity contribution in [3.63, 3.8) is 0 Å². The molecule has 0 bridgehead atoms. The summed E-state index contributed by atoms with van der Waals surface area (Å²) in [6.45, 7) is 0.641. The molecule has 0 aliphatic heterocycles. The number of hydrogen-bond donors (Lipinski definition) is 3. The molecule has 100 valence electrons. The van der Waals surface area contributed by atoms with Crippen molar-refractivity contribution in [2.24, 2.45) is 0 Å². The van der Waals surface area contributed by atoms with Crippen molar-refractivity contribution >= 4 is 28.2 Å². The molecule has 1 aromatic rings. The van der Waals surface area contributed by atoms with E-state index in [4.69, 9.17) is 5.73 Å². The van der Waals surface area contributed by atoms with Crippen LogP contribution in [0, 0.1) is 10.1 Å². The number of nitrogens with one attached hydrogen (secondary N) is 2. The fraction of sp³-hybridized carbons (Fsp3) is 0.500. The molecule has 0 radical (unpaired) electrons. The van der Waals surface area contributed by atoms with Crippen LogP contribution in [0.5, 0.6) is 0 Å². The molecule has 8 nitrogen and oxygen atoms in total. The van der Waals surface area contributed by atoms with Crippen LogP contribution in [-0.2, 0) is 0 Å². The predicted molar refractivity (Wildman–Crippen MR) is 71.8 cm³/mol. The molecule has 0 spiro atoms. The van der Waals surface area contributed by atoms with Crippen LogP contribution in [0.1, 0.15) is 6.42 Å². The summed E-state index contributed by atoms with van der Waals surface area (Å²) >= 11 is 2.92. The minimum absolute atomic E-state index is 0.394. The topological polar surface area (TPSA) is 119 Å². The van der Waals surface area contributed by atoms with Crippen molar-refractivity contribution in [2.75, 3.05) is 25.1 Å². The molecule has 0 atom stereocenters. The highest BCUT2D eigenvalue weighted by molar-refractivity contribution is 8.01. The Morgan fingerprint density at radius 3 is 3.00 bits per heavy atom. The molecule has 18 heavy (non-hydrogen) atoms. The zero-order valence-electron chi connectivity index (χ0n) is 9.75. The van der Waals surface area contributed by atoms with Crippen molar-refractivity contribution in [3.8, 4) is 0 Å². The summed E-state index contributed by atoms with van der Waals surface area (Å²) in [4.78, 5) is 9.76. The maximum atomic E-state index is 10.3. The lowest BCUT2D eigenvalue weighted by Crippen LogP contribution is -2.25. The van der Waals surface area contributed by atoms with Crippen LogP contribution < -0.4 is 16.4 Å². The second kappa shape index (κ2) is 7.71. The quantitative estimate of drug-likeness (QED) is 0.274. The second-order valence-corrected chi connectivity index (χ2v) is 5.46. The van der Waals surface area contributed by atoms with Crippen LogP contribution >= 0.6 is 23.1 Å². The number of nitrogens with zero attached hydrogens (tertiary/aromatic N) is 3. The number of nitrogen functional groups attached to an aromatic ring is 1. The van der Waals surface area contributed by atoms with E-state index in [1.807, 2.05) is 0 Å². The van der Waals surface area contributed by atoms with E-state index in [1.165, 1.54) is 11.3 Å². The Hall–Kier alpha value is -1.55. The molecular formula is C8H14N6O2S2. The molecule has 0 aliphatic carbocycles. The van der Waals surface area contributed by atoms with Crippen molar-refractivity contribution in [1.29, 1.82) is 0 Å². The van der Waals surface area contributed by atoms with Crippen molar-refractivity contribution in [1.82, 2.24) is 20.8 Å². The van der Waals surface area contributed by atoms with E-state index < -0.39 is 4.92 Å². The second-order valence-electron chi connectivity index (χ2n) is 3.11. The lowest BCUT2D eigenvalue weighted by Gasteiger charge is -2.06. The van der Waals surface area contributed by atoms with Crippen LogP contribution in [0.4, 0.5) is 5.13 Å². The molecule has 0 unspecified atom stereocenters. The average molecular weight is 290 g/mol. The van der Waals surface area contributed by atoms with E-state index >= 15 is 0 Å². The lowest BCUT2D eigenvalue weighted by atomic mass is 10.5. The zero-order chi connectivity index (χ0) is 13.4. The van der Waals surface area contributed by atoms with Gasteiger partial charge in [0, 0.05) is 19.3 Å². The summed E-state index contributed by atoms with van der Waals surface area (Å²) in [5.41, 5.74) is 5.45. The fourth-order valence-corrected chi connectivity index (χ4v) is 2.68. The van der Waals surface area contributed by atoms with Gasteiger partial charge in [0.05, 0.1) is 4.92 Å². The van der Waals surface area contributed by atoms with Crippen LogP contribution in [0.25, 0.3) is 0 Å². The summed E-state index contributed by atoms with van der Waals surface area (Å²) < 4.78 is 0.835. The third kappa shape index (κ3) is 5.68. The Kier molecular flexibility index (Phi) is 6.22. The number of nitrogens with two attached hydrogens (primary N) is 1. The van der Waals surface area contributed by atoms with E-state index in [0.717, 1.165) is 22.7 Å². The van der Waals surface area contributed by atoms with Crippen molar-refractivity contribution in [3.05, 3.63) is 22.1 Å². The largest absolute Gasteiger partial charge is 0.374 e. The maximum absolute atomic E-state index is 10.3. The van der Waals surface area contributed by atoms with Gasteiger partial charge in [0.25, 0.3) is 6.20 Å². The first-order chi connectivity index (χ1) is 8.61. The average Bonchev–Trinajstić information content (AvgIpc) is 2.72. The molecule has 0 amide bonds. The minimum atomic E-state index is -0.502. The molecule has 1 rings (SSSR count). The maximum Gasteiger partial charge on any atom is 0.274 e. The summed E-state index contributed by atoms with van der Waals surface area (Å²) in [5, 5.41) is 23.9. The van der Waals surface area contributed by atoms with Gasteiger partial charge in [0.2, 0.25) is 5.13 Å².